The Morgan fingerprint density at radius 2 is 1.17 bits per heavy atom. The maximum atomic E-state index is 0. The molecule has 6 heteroatoms. The van der Waals surface area contributed by atoms with Crippen LogP contribution in [0.1, 0.15) is 2.85 Å². The van der Waals surface area contributed by atoms with Crippen molar-refractivity contribution in [1.82, 2.24) is 0 Å². The van der Waals surface area contributed by atoms with Crippen LogP contribution in [-0.4, -0.2) is 17.4 Å². The van der Waals surface area contributed by atoms with Crippen LogP contribution < -0.4 is 48.4 Å². The summed E-state index contributed by atoms with van der Waals surface area (Å²) in [5.41, 5.74) is 0. The summed E-state index contributed by atoms with van der Waals surface area (Å²) in [6.07, 6.45) is 0. The molecule has 0 unspecified atom stereocenters. The molecule has 0 aliphatic heterocycles. The van der Waals surface area contributed by atoms with Crippen molar-refractivity contribution in [3.8, 4) is 0 Å². The zero-order chi connectivity index (χ0) is 0. The van der Waals surface area contributed by atoms with Crippen LogP contribution in [0.4, 0.5) is 0 Å². The van der Waals surface area contributed by atoms with Gasteiger partial charge in [0.05, 0.1) is 0 Å². The third-order valence-electron chi connectivity index (χ3n) is 0. The van der Waals surface area contributed by atoms with E-state index in [1.54, 1.807) is 0 Å². The summed E-state index contributed by atoms with van der Waals surface area (Å²) in [4.78, 5) is 0. The summed E-state index contributed by atoms with van der Waals surface area (Å²) < 4.78 is 0. The molecule has 0 saturated heterocycles. The van der Waals surface area contributed by atoms with Gasteiger partial charge >= 0.3 is 48.4 Å². The summed E-state index contributed by atoms with van der Waals surface area (Å²) in [7, 11) is 0. The maximum absolute atomic E-state index is 0. The second-order valence-electron chi connectivity index (χ2n) is 0. The average Bonchev–Trinajstić information content (AvgIpc) is 0. The Morgan fingerprint density at radius 3 is 1.17 bits per heavy atom. The first-order chi connectivity index (χ1) is 0. The van der Waals surface area contributed by atoms with Gasteiger partial charge in [0.2, 0.25) is 0 Å². The largest absolute Gasteiger partial charge is 1.00 e. The van der Waals surface area contributed by atoms with Crippen molar-refractivity contribution in [1.29, 1.82) is 0 Å². The molecule has 0 amide bonds. The van der Waals surface area contributed by atoms with Crippen molar-refractivity contribution in [2.24, 2.45) is 0 Å². The third kappa shape index (κ3) is 25.4. The molecular weight excluding hydrogens is 229 g/mol. The van der Waals surface area contributed by atoms with Gasteiger partial charge in [-0.05, 0) is 0 Å². The average molecular weight is 235 g/mol. The second kappa shape index (κ2) is 38.0. The van der Waals surface area contributed by atoms with E-state index in [1.807, 2.05) is 0 Å². The van der Waals surface area contributed by atoms with Crippen molar-refractivity contribution >= 4 is 17.4 Å². The number of hydrogen-bond donors (Lipinski definition) is 0. The molecule has 0 atom stereocenters. The Hall–Kier alpha value is 3.65. The van der Waals surface area contributed by atoms with Crippen LogP contribution in [0, 0.1) is 0 Å². The van der Waals surface area contributed by atoms with E-state index in [0.717, 1.165) is 0 Å². The normalized spacial score (nSPS) is 0. The smallest absolute Gasteiger partial charge is 1.00 e. The van der Waals surface area contributed by atoms with E-state index in [-0.39, 0.29) is 119 Å². The van der Waals surface area contributed by atoms with E-state index in [9.17, 15) is 0 Å². The minimum Gasteiger partial charge on any atom is -1.00 e. The Bertz CT molecular complexity index is 22.0. The molecule has 0 bridgehead atoms. The minimum atomic E-state index is 0. The summed E-state index contributed by atoms with van der Waals surface area (Å²) in [5.74, 6) is 0. The zero-order valence-corrected chi connectivity index (χ0v) is 8.24. The molecule has 0 saturated carbocycles. The molecule has 0 N–H and O–H groups in total. The number of rotatable bonds is 0. The molecule has 0 aromatic heterocycles. The van der Waals surface area contributed by atoms with Crippen molar-refractivity contribution < 1.29 is 102 Å². The molecule has 0 rings (SSSR count). The van der Waals surface area contributed by atoms with Crippen LogP contribution >= 0.6 is 0 Å². The topological polar surface area (TPSA) is 0 Å². The van der Waals surface area contributed by atoms with Gasteiger partial charge in [-0.25, -0.2) is 0 Å². The molecule has 0 aliphatic carbocycles. The molecule has 0 aromatic rings. The first-order valence-corrected chi connectivity index (χ1v) is 0. The van der Waals surface area contributed by atoms with E-state index in [4.69, 9.17) is 0 Å². The SMILES string of the molecule is [AlH3].[Co].[H-].[H-].[Li+].[Mn].[Na+].[Ni]. The fourth-order valence-electron chi connectivity index (χ4n) is 0. The standard InChI is InChI=1S/Al.Co.Li.Mn.Na.Ni.5H/q;;+1;;+1;;;;;2*-1. The summed E-state index contributed by atoms with van der Waals surface area (Å²) in [6, 6.07) is 0. The van der Waals surface area contributed by atoms with Crippen molar-refractivity contribution in [3.63, 3.8) is 0 Å². The third-order valence-corrected chi connectivity index (χ3v) is 0. The van der Waals surface area contributed by atoms with Gasteiger partial charge in [0.25, 0.3) is 0 Å². The van der Waals surface area contributed by atoms with Crippen LogP contribution in [0.5, 0.6) is 0 Å². The van der Waals surface area contributed by atoms with Gasteiger partial charge in [-0.1, -0.05) is 0 Å². The molecule has 2 radical (unpaired) electrons. The van der Waals surface area contributed by atoms with Crippen molar-refractivity contribution in [3.05, 3.63) is 0 Å². The Morgan fingerprint density at radius 1 is 1.17 bits per heavy atom. The van der Waals surface area contributed by atoms with Crippen LogP contribution in [0.25, 0.3) is 0 Å². The molecule has 0 aromatic carbocycles. The van der Waals surface area contributed by atoms with Crippen LogP contribution in [0.15, 0.2) is 0 Å². The monoisotopic (exact) mass is 234 g/mol. The molecule has 0 aliphatic rings. The van der Waals surface area contributed by atoms with E-state index in [0.29, 0.717) is 0 Å². The van der Waals surface area contributed by atoms with E-state index in [2.05, 4.69) is 0 Å². The second-order valence-corrected chi connectivity index (χ2v) is 0. The Balaban J connectivity index is 0. The Kier molecular flexibility index (Phi) is 343. The van der Waals surface area contributed by atoms with Crippen LogP contribution in [0.3, 0.4) is 0 Å². The van der Waals surface area contributed by atoms with Gasteiger partial charge in [0.15, 0.2) is 17.4 Å². The summed E-state index contributed by atoms with van der Waals surface area (Å²) >= 11 is 0. The van der Waals surface area contributed by atoms with Gasteiger partial charge in [-0.3, -0.25) is 0 Å². The molecular formula is H5AlCoLiMnNaNi. The van der Waals surface area contributed by atoms with Gasteiger partial charge in [-0.15, -0.1) is 0 Å². The molecule has 36 valence electrons. The summed E-state index contributed by atoms with van der Waals surface area (Å²) in [6.45, 7) is 0. The van der Waals surface area contributed by atoms with Gasteiger partial charge in [-0.2, -0.15) is 0 Å². The fourth-order valence-corrected chi connectivity index (χ4v) is 0. The molecule has 0 spiro atoms. The van der Waals surface area contributed by atoms with Crippen molar-refractivity contribution in [2.45, 2.75) is 0 Å². The van der Waals surface area contributed by atoms with Gasteiger partial charge in [0, 0.05) is 50.3 Å². The van der Waals surface area contributed by atoms with E-state index in [1.165, 1.54) is 0 Å². The maximum Gasteiger partial charge on any atom is 1.00 e. The predicted molar refractivity (Wildman–Crippen MR) is 12.2 cm³/mol. The summed E-state index contributed by atoms with van der Waals surface area (Å²) in [5, 5.41) is 0. The first kappa shape index (κ1) is 54.2. The zero-order valence-electron chi connectivity index (χ0n) is 5.03. The molecule has 0 heterocycles. The van der Waals surface area contributed by atoms with Gasteiger partial charge in [0.1, 0.15) is 0 Å². The van der Waals surface area contributed by atoms with Crippen LogP contribution in [0.2, 0.25) is 0 Å². The van der Waals surface area contributed by atoms with Crippen LogP contribution in [-0.2, 0) is 50.3 Å². The minimum absolute atomic E-state index is 0. The molecule has 0 nitrogen and oxygen atoms in total. The van der Waals surface area contributed by atoms with Crippen molar-refractivity contribution in [2.75, 3.05) is 0 Å². The molecule has 6 heavy (non-hydrogen) atoms. The first-order valence-electron chi connectivity index (χ1n) is 0. The molecule has 0 fully saturated rings. The van der Waals surface area contributed by atoms with E-state index >= 15 is 0 Å². The quantitative estimate of drug-likeness (QED) is 0.366. The Labute approximate surface area is 117 Å². The fraction of sp³-hybridized carbons (Fsp3) is 0. The van der Waals surface area contributed by atoms with Gasteiger partial charge < -0.3 is 2.85 Å². The predicted octanol–water partition coefficient (Wildman–Crippen LogP) is -6.96. The number of hydrogen-bond acceptors (Lipinski definition) is 0. The van der Waals surface area contributed by atoms with E-state index < -0.39 is 0 Å².